The Morgan fingerprint density at radius 1 is 0.727 bits per heavy atom. The van der Waals surface area contributed by atoms with E-state index in [1.165, 1.54) is 51.4 Å². The van der Waals surface area contributed by atoms with Crippen LogP contribution >= 0.6 is 0 Å². The lowest BCUT2D eigenvalue weighted by atomic mass is 10.1. The molecule has 126 valence electrons. The summed E-state index contributed by atoms with van der Waals surface area (Å²) < 4.78 is 24.0. The first kappa shape index (κ1) is 19.9. The van der Waals surface area contributed by atoms with Crippen LogP contribution < -0.4 is 0 Å². The summed E-state index contributed by atoms with van der Waals surface area (Å²) in [5.41, 5.74) is 0. The third kappa shape index (κ3) is 9.09. The van der Waals surface area contributed by atoms with Crippen LogP contribution in [0, 0.1) is 0 Å². The molecule has 0 radical (unpaired) electrons. The average Bonchev–Trinajstić information content (AvgIpc) is 2.56. The monoisotopic (exact) mass is 342 g/mol. The minimum absolute atomic E-state index is 0.554. The van der Waals surface area contributed by atoms with Crippen LogP contribution in [-0.4, -0.2) is 14.9 Å². The van der Waals surface area contributed by atoms with Gasteiger partial charge in [-0.05, 0) is 25.0 Å². The van der Waals surface area contributed by atoms with E-state index in [0.29, 0.717) is 10.6 Å². The molecule has 0 fully saturated rings. The molecular formula is C18H30O2S2. The van der Waals surface area contributed by atoms with E-state index < -0.39 is 20.4 Å². The van der Waals surface area contributed by atoms with Gasteiger partial charge in [-0.3, -0.25) is 0 Å². The summed E-state index contributed by atoms with van der Waals surface area (Å²) >= 11 is 0. The fourth-order valence-electron chi connectivity index (χ4n) is 2.42. The van der Waals surface area contributed by atoms with Crippen molar-refractivity contribution in [3.63, 3.8) is 0 Å². The Balaban J connectivity index is 1.98. The molecule has 0 aliphatic heterocycles. The third-order valence-electron chi connectivity index (χ3n) is 3.77. The summed E-state index contributed by atoms with van der Waals surface area (Å²) in [5.74, 6) is 0.554. The first-order chi connectivity index (χ1) is 10.8. The topological polar surface area (TPSA) is 46.1 Å². The van der Waals surface area contributed by atoms with E-state index in [1.54, 1.807) is 12.1 Å². The number of hydrogen-bond donors (Lipinski definition) is 0. The summed E-state index contributed by atoms with van der Waals surface area (Å²) in [6, 6.07) is 9.13. The summed E-state index contributed by atoms with van der Waals surface area (Å²) in [4.78, 5) is 0.674. The van der Waals surface area contributed by atoms with Gasteiger partial charge in [0.15, 0.2) is 16.0 Å². The van der Waals surface area contributed by atoms with Crippen LogP contribution in [0.25, 0.3) is 0 Å². The molecule has 0 aliphatic rings. The second kappa shape index (κ2) is 13.3. The molecule has 0 saturated carbocycles. The molecule has 0 amide bonds. The van der Waals surface area contributed by atoms with Crippen LogP contribution in [0.3, 0.4) is 0 Å². The molecule has 1 rings (SSSR count). The maximum atomic E-state index is 12.0. The van der Waals surface area contributed by atoms with Gasteiger partial charge < -0.3 is 9.11 Å². The molecular weight excluding hydrogens is 312 g/mol. The highest BCUT2D eigenvalue weighted by molar-refractivity contribution is 8.67. The van der Waals surface area contributed by atoms with Gasteiger partial charge in [-0.1, -0.05) is 76.5 Å². The van der Waals surface area contributed by atoms with Gasteiger partial charge in [0.25, 0.3) is 0 Å². The Kier molecular flexibility index (Phi) is 12.0. The average molecular weight is 343 g/mol. The van der Waals surface area contributed by atoms with Crippen LogP contribution in [0.4, 0.5) is 0 Å². The Bertz CT molecular complexity index is 359. The zero-order chi connectivity index (χ0) is 16.0. The van der Waals surface area contributed by atoms with E-state index in [-0.39, 0.29) is 0 Å². The fourth-order valence-corrected chi connectivity index (χ4v) is 5.39. The van der Waals surface area contributed by atoms with E-state index in [1.807, 2.05) is 18.2 Å². The van der Waals surface area contributed by atoms with Crippen molar-refractivity contribution in [2.45, 2.75) is 76.0 Å². The van der Waals surface area contributed by atoms with Crippen molar-refractivity contribution >= 4 is 20.4 Å². The molecule has 2 unspecified atom stereocenters. The van der Waals surface area contributed by atoms with E-state index in [9.17, 15) is 9.11 Å². The Hall–Kier alpha value is -0.160. The van der Waals surface area contributed by atoms with Gasteiger partial charge in [0.1, 0.15) is 0 Å². The molecule has 1 aromatic rings. The van der Waals surface area contributed by atoms with Crippen molar-refractivity contribution < 1.29 is 9.11 Å². The summed E-state index contributed by atoms with van der Waals surface area (Å²) in [5, 5.41) is 0. The van der Waals surface area contributed by atoms with Crippen LogP contribution in [0.5, 0.6) is 0 Å². The van der Waals surface area contributed by atoms with E-state index in [2.05, 4.69) is 6.92 Å². The summed E-state index contributed by atoms with van der Waals surface area (Å²) in [6.45, 7) is 2.24. The van der Waals surface area contributed by atoms with Crippen LogP contribution in [0.1, 0.15) is 71.1 Å². The number of rotatable bonds is 13. The van der Waals surface area contributed by atoms with E-state index >= 15 is 0 Å². The van der Waals surface area contributed by atoms with Crippen molar-refractivity contribution in [3.8, 4) is 0 Å². The zero-order valence-electron chi connectivity index (χ0n) is 13.8. The second-order valence-electron chi connectivity index (χ2n) is 5.74. The Morgan fingerprint density at radius 3 is 1.77 bits per heavy atom. The van der Waals surface area contributed by atoms with Crippen LogP contribution in [-0.2, 0) is 20.4 Å². The summed E-state index contributed by atoms with van der Waals surface area (Å²) in [6.07, 6.45) is 12.6. The largest absolute Gasteiger partial charge is 0.571 e. The molecule has 0 aromatic heterocycles. The van der Waals surface area contributed by atoms with Crippen molar-refractivity contribution in [2.75, 3.05) is 5.75 Å². The third-order valence-corrected chi connectivity index (χ3v) is 7.48. The van der Waals surface area contributed by atoms with Crippen molar-refractivity contribution in [2.24, 2.45) is 0 Å². The van der Waals surface area contributed by atoms with Gasteiger partial charge in [0, 0.05) is 0 Å². The summed E-state index contributed by atoms with van der Waals surface area (Å²) in [7, 11) is -2.63. The molecule has 4 heteroatoms. The highest BCUT2D eigenvalue weighted by atomic mass is 33.2. The number of benzene rings is 1. The molecule has 0 N–H and O–H groups in total. The molecule has 0 aliphatic carbocycles. The predicted molar refractivity (Wildman–Crippen MR) is 97.7 cm³/mol. The SMILES string of the molecule is CCCCCCCCCCCC[S+]([O-])[S+]([O-])c1ccccc1. The number of unbranched alkanes of at least 4 members (excludes halogenated alkanes) is 9. The first-order valence-corrected chi connectivity index (χ1v) is 11.6. The molecule has 0 saturated heterocycles. The minimum atomic E-state index is -1.37. The van der Waals surface area contributed by atoms with Crippen molar-refractivity contribution in [1.29, 1.82) is 0 Å². The van der Waals surface area contributed by atoms with E-state index in [4.69, 9.17) is 0 Å². The molecule has 2 nitrogen and oxygen atoms in total. The first-order valence-electron chi connectivity index (χ1n) is 8.61. The lowest BCUT2D eigenvalue weighted by Crippen LogP contribution is -2.19. The van der Waals surface area contributed by atoms with Gasteiger partial charge >= 0.3 is 0 Å². The molecule has 0 spiro atoms. The highest BCUT2D eigenvalue weighted by Gasteiger charge is 2.26. The van der Waals surface area contributed by atoms with Crippen molar-refractivity contribution in [1.82, 2.24) is 0 Å². The van der Waals surface area contributed by atoms with Gasteiger partial charge in [0.2, 0.25) is 15.1 Å². The van der Waals surface area contributed by atoms with Gasteiger partial charge in [-0.2, -0.15) is 0 Å². The normalized spacial score (nSPS) is 14.0. The number of hydrogen-bond acceptors (Lipinski definition) is 2. The van der Waals surface area contributed by atoms with Crippen molar-refractivity contribution in [3.05, 3.63) is 30.3 Å². The molecule has 1 aromatic carbocycles. The Labute approximate surface area is 141 Å². The van der Waals surface area contributed by atoms with Crippen LogP contribution in [0.2, 0.25) is 0 Å². The van der Waals surface area contributed by atoms with E-state index in [0.717, 1.165) is 12.8 Å². The quantitative estimate of drug-likeness (QED) is 0.274. The lowest BCUT2D eigenvalue weighted by Gasteiger charge is -2.11. The predicted octanol–water partition coefficient (Wildman–Crippen LogP) is 5.38. The lowest BCUT2D eigenvalue weighted by molar-refractivity contribution is 0.557. The molecule has 0 bridgehead atoms. The molecule has 22 heavy (non-hydrogen) atoms. The van der Waals surface area contributed by atoms with Gasteiger partial charge in [-0.25, -0.2) is 0 Å². The van der Waals surface area contributed by atoms with Gasteiger partial charge in [-0.15, -0.1) is 0 Å². The van der Waals surface area contributed by atoms with Gasteiger partial charge in [0.05, 0.1) is 0 Å². The highest BCUT2D eigenvalue weighted by Crippen LogP contribution is 2.19. The standard InChI is InChI=1S/C18H30O2S2/c1-2-3-4-5-6-7-8-9-10-14-17-21(19)22(20)18-15-12-11-13-16-18/h11-13,15-16H,2-10,14,17H2,1H3. The minimum Gasteiger partial charge on any atom is -0.571 e. The Morgan fingerprint density at radius 2 is 1.23 bits per heavy atom. The maximum Gasteiger partial charge on any atom is 0.210 e. The molecule has 0 heterocycles. The molecule has 2 atom stereocenters. The zero-order valence-corrected chi connectivity index (χ0v) is 15.4. The van der Waals surface area contributed by atoms with Crippen LogP contribution in [0.15, 0.2) is 35.2 Å². The fraction of sp³-hybridized carbons (Fsp3) is 0.667. The second-order valence-corrected chi connectivity index (χ2v) is 9.72. The smallest absolute Gasteiger partial charge is 0.210 e. The maximum absolute atomic E-state index is 12.0.